The van der Waals surface area contributed by atoms with Crippen molar-refractivity contribution in [2.45, 2.75) is 18.9 Å². The molecule has 1 atom stereocenters. The molecular weight excluding hydrogens is 322 g/mol. The van der Waals surface area contributed by atoms with Gasteiger partial charge in [0, 0.05) is 27.2 Å². The minimum atomic E-state index is -0.642. The summed E-state index contributed by atoms with van der Waals surface area (Å²) in [7, 11) is 0. The molecule has 5 heteroatoms. The zero-order valence-corrected chi connectivity index (χ0v) is 11.8. The van der Waals surface area contributed by atoms with E-state index < -0.39 is 17.7 Å². The van der Waals surface area contributed by atoms with Crippen molar-refractivity contribution in [1.29, 1.82) is 0 Å². The van der Waals surface area contributed by atoms with Crippen LogP contribution in [0.5, 0.6) is 0 Å². The molecule has 2 rings (SSSR count). The Morgan fingerprint density at radius 1 is 1.11 bits per heavy atom. The third-order valence-corrected chi connectivity index (χ3v) is 4.17. The lowest BCUT2D eigenvalue weighted by molar-refractivity contribution is 0.176. The van der Waals surface area contributed by atoms with Crippen LogP contribution < -0.4 is 0 Å². The number of benzene rings is 1. The Bertz CT molecular complexity index is 521. The van der Waals surface area contributed by atoms with Crippen molar-refractivity contribution in [2.24, 2.45) is 0 Å². The number of rotatable bonds is 4. The normalized spacial score (nSPS) is 12.7. The maximum Gasteiger partial charge on any atom is 0.126 e. The van der Waals surface area contributed by atoms with Crippen LogP contribution >= 0.6 is 27.3 Å². The van der Waals surface area contributed by atoms with Crippen LogP contribution in [0.3, 0.4) is 0 Å². The van der Waals surface area contributed by atoms with Gasteiger partial charge in [-0.1, -0.05) is 0 Å². The van der Waals surface area contributed by atoms with Gasteiger partial charge in [0.25, 0.3) is 0 Å². The van der Waals surface area contributed by atoms with Gasteiger partial charge < -0.3 is 5.11 Å². The standard InChI is InChI=1S/C13H11BrF2OS/c14-9-4-13(18-7-9)6-12(17)3-8-1-10(15)5-11(16)2-8/h1-2,4-5,7,12,17H,3,6H2. The molecule has 0 aliphatic heterocycles. The van der Waals surface area contributed by atoms with Gasteiger partial charge >= 0.3 is 0 Å². The smallest absolute Gasteiger partial charge is 0.126 e. The second-order valence-corrected chi connectivity index (χ2v) is 5.98. The first-order valence-corrected chi connectivity index (χ1v) is 7.06. The summed E-state index contributed by atoms with van der Waals surface area (Å²) >= 11 is 4.88. The van der Waals surface area contributed by atoms with Gasteiger partial charge in [-0.05, 0) is 46.1 Å². The molecule has 1 nitrogen and oxygen atoms in total. The number of thiophene rings is 1. The Morgan fingerprint density at radius 3 is 2.33 bits per heavy atom. The van der Waals surface area contributed by atoms with Crippen LogP contribution in [0.15, 0.2) is 34.1 Å². The van der Waals surface area contributed by atoms with Gasteiger partial charge in [0.2, 0.25) is 0 Å². The molecule has 0 saturated heterocycles. The number of halogens is 3. The molecule has 2 aromatic rings. The monoisotopic (exact) mass is 332 g/mol. The van der Waals surface area contributed by atoms with E-state index in [2.05, 4.69) is 15.9 Å². The van der Waals surface area contributed by atoms with Gasteiger partial charge in [-0.15, -0.1) is 11.3 Å². The summed E-state index contributed by atoms with van der Waals surface area (Å²) in [6.45, 7) is 0. The maximum absolute atomic E-state index is 13.0. The summed E-state index contributed by atoms with van der Waals surface area (Å²) < 4.78 is 26.9. The van der Waals surface area contributed by atoms with E-state index in [9.17, 15) is 13.9 Å². The van der Waals surface area contributed by atoms with Crippen LogP contribution in [0.1, 0.15) is 10.4 Å². The molecule has 0 aliphatic rings. The summed E-state index contributed by atoms with van der Waals surface area (Å²) in [5.41, 5.74) is 0.468. The highest BCUT2D eigenvalue weighted by Gasteiger charge is 2.10. The highest BCUT2D eigenvalue weighted by Crippen LogP contribution is 2.22. The number of aliphatic hydroxyl groups is 1. The van der Waals surface area contributed by atoms with Gasteiger partial charge in [-0.2, -0.15) is 0 Å². The molecule has 0 radical (unpaired) electrons. The second-order valence-electron chi connectivity index (χ2n) is 4.07. The summed E-state index contributed by atoms with van der Waals surface area (Å²) in [4.78, 5) is 1.03. The lowest BCUT2D eigenvalue weighted by Crippen LogP contribution is -2.13. The Labute approximate surface area is 116 Å². The fourth-order valence-corrected chi connectivity index (χ4v) is 3.29. The maximum atomic E-state index is 13.0. The minimum Gasteiger partial charge on any atom is -0.392 e. The highest BCUT2D eigenvalue weighted by molar-refractivity contribution is 9.10. The van der Waals surface area contributed by atoms with Gasteiger partial charge in [0.05, 0.1) is 6.10 Å². The van der Waals surface area contributed by atoms with E-state index in [1.54, 1.807) is 0 Å². The molecule has 0 amide bonds. The van der Waals surface area contributed by atoms with Crippen molar-refractivity contribution in [3.05, 3.63) is 56.2 Å². The SMILES string of the molecule is OC(Cc1cc(F)cc(F)c1)Cc1cc(Br)cs1. The topological polar surface area (TPSA) is 20.2 Å². The van der Waals surface area contributed by atoms with Crippen molar-refractivity contribution in [1.82, 2.24) is 0 Å². The van der Waals surface area contributed by atoms with E-state index in [0.717, 1.165) is 15.4 Å². The number of hydrogen-bond acceptors (Lipinski definition) is 2. The first-order chi connectivity index (χ1) is 8.52. The molecule has 0 bridgehead atoms. The van der Waals surface area contributed by atoms with Gasteiger partial charge in [-0.25, -0.2) is 8.78 Å². The minimum absolute atomic E-state index is 0.240. The second kappa shape index (κ2) is 5.91. The third-order valence-electron chi connectivity index (χ3n) is 2.45. The fourth-order valence-electron chi connectivity index (χ4n) is 1.77. The van der Waals surface area contributed by atoms with Gasteiger partial charge in [-0.3, -0.25) is 0 Å². The molecule has 96 valence electrons. The summed E-state index contributed by atoms with van der Waals surface area (Å²) in [5, 5.41) is 11.8. The molecule has 0 fully saturated rings. The average Bonchev–Trinajstić information content (AvgIpc) is 2.61. The molecule has 0 spiro atoms. The van der Waals surface area contributed by atoms with E-state index in [0.29, 0.717) is 12.0 Å². The lowest BCUT2D eigenvalue weighted by Gasteiger charge is -2.09. The molecule has 18 heavy (non-hydrogen) atoms. The molecule has 1 aromatic carbocycles. The molecule has 0 aliphatic carbocycles. The van der Waals surface area contributed by atoms with Crippen molar-refractivity contribution in [3.63, 3.8) is 0 Å². The Morgan fingerprint density at radius 2 is 1.78 bits per heavy atom. The predicted octanol–water partition coefficient (Wildman–Crippen LogP) is 3.93. The first kappa shape index (κ1) is 13.6. The first-order valence-electron chi connectivity index (χ1n) is 5.39. The third kappa shape index (κ3) is 3.86. The Hall–Kier alpha value is -0.780. The number of aliphatic hydroxyl groups excluding tert-OH is 1. The van der Waals surface area contributed by atoms with Crippen LogP contribution in [-0.4, -0.2) is 11.2 Å². The molecule has 1 heterocycles. The van der Waals surface area contributed by atoms with Crippen molar-refractivity contribution in [2.75, 3.05) is 0 Å². The van der Waals surface area contributed by atoms with E-state index in [4.69, 9.17) is 0 Å². The van der Waals surface area contributed by atoms with Crippen LogP contribution in [0.25, 0.3) is 0 Å². The summed E-state index contributed by atoms with van der Waals surface area (Å²) in [6, 6.07) is 5.25. The summed E-state index contributed by atoms with van der Waals surface area (Å²) in [5.74, 6) is -1.23. The zero-order chi connectivity index (χ0) is 13.1. The van der Waals surface area contributed by atoms with Gasteiger partial charge in [0.15, 0.2) is 0 Å². The molecule has 1 unspecified atom stereocenters. The van der Waals surface area contributed by atoms with E-state index >= 15 is 0 Å². The predicted molar refractivity (Wildman–Crippen MR) is 71.8 cm³/mol. The molecular formula is C13H11BrF2OS. The molecule has 1 N–H and O–H groups in total. The largest absolute Gasteiger partial charge is 0.392 e. The fraction of sp³-hybridized carbons (Fsp3) is 0.231. The van der Waals surface area contributed by atoms with Crippen LogP contribution in [0.2, 0.25) is 0 Å². The summed E-state index contributed by atoms with van der Waals surface area (Å²) in [6.07, 6.45) is 0.0789. The molecule has 0 saturated carbocycles. The van der Waals surface area contributed by atoms with Crippen LogP contribution in [0.4, 0.5) is 8.78 Å². The Kier molecular flexibility index (Phi) is 4.48. The lowest BCUT2D eigenvalue weighted by atomic mass is 10.0. The quantitative estimate of drug-likeness (QED) is 0.899. The average molecular weight is 333 g/mol. The van der Waals surface area contributed by atoms with Crippen molar-refractivity contribution in [3.8, 4) is 0 Å². The van der Waals surface area contributed by atoms with E-state index in [1.807, 2.05) is 11.4 Å². The zero-order valence-electron chi connectivity index (χ0n) is 9.37. The van der Waals surface area contributed by atoms with Crippen molar-refractivity contribution < 1.29 is 13.9 Å². The van der Waals surface area contributed by atoms with Crippen molar-refractivity contribution >= 4 is 27.3 Å². The van der Waals surface area contributed by atoms with E-state index in [-0.39, 0.29) is 6.42 Å². The highest BCUT2D eigenvalue weighted by atomic mass is 79.9. The van der Waals surface area contributed by atoms with E-state index in [1.165, 1.54) is 23.5 Å². The van der Waals surface area contributed by atoms with Crippen LogP contribution in [0, 0.1) is 11.6 Å². The molecule has 1 aromatic heterocycles. The number of hydrogen-bond donors (Lipinski definition) is 1. The van der Waals surface area contributed by atoms with Crippen LogP contribution in [-0.2, 0) is 12.8 Å². The van der Waals surface area contributed by atoms with Gasteiger partial charge in [0.1, 0.15) is 11.6 Å². The Balaban J connectivity index is 2.00.